The summed E-state index contributed by atoms with van der Waals surface area (Å²) in [5, 5.41) is 4.04. The van der Waals surface area contributed by atoms with E-state index in [0.717, 1.165) is 38.3 Å². The Labute approximate surface area is 233 Å². The van der Waals surface area contributed by atoms with Gasteiger partial charge in [0.05, 0.1) is 18.4 Å². The van der Waals surface area contributed by atoms with Crippen LogP contribution in [0.5, 0.6) is 0 Å². The standard InChI is InChI=1S/C32H32N4O4/c1-2-39-32(38)27-14-12-25(13-15-27)30-17-16-29(40-30)22-33-34-31(37)26-10-8-24(9-11-26)23-35-18-20-36(21-19-35)28-6-4-3-5-7-28/h3-17,22H,2,18-21,23H2,1H3,(H,34,37)/b33-22-. The molecule has 0 bridgehead atoms. The van der Waals surface area contributed by atoms with Crippen molar-refractivity contribution in [3.8, 4) is 11.3 Å². The van der Waals surface area contributed by atoms with Crippen molar-refractivity contribution < 1.29 is 18.7 Å². The summed E-state index contributed by atoms with van der Waals surface area (Å²) in [6, 6.07) is 28.7. The molecule has 1 saturated heterocycles. The summed E-state index contributed by atoms with van der Waals surface area (Å²) in [6.45, 7) is 6.96. The van der Waals surface area contributed by atoms with Gasteiger partial charge in [-0.05, 0) is 61.0 Å². The first kappa shape index (κ1) is 26.9. The molecule has 0 unspecified atom stereocenters. The molecule has 1 fully saturated rings. The normalized spacial score (nSPS) is 13.9. The molecule has 1 aliphatic heterocycles. The van der Waals surface area contributed by atoms with Gasteiger partial charge in [-0.25, -0.2) is 10.2 Å². The molecule has 0 radical (unpaired) electrons. The number of piperazine rings is 1. The van der Waals surface area contributed by atoms with Crippen LogP contribution in [0.4, 0.5) is 5.69 Å². The van der Waals surface area contributed by atoms with Crippen LogP contribution in [-0.2, 0) is 11.3 Å². The zero-order chi connectivity index (χ0) is 27.7. The third-order valence-corrected chi connectivity index (χ3v) is 6.78. The first-order chi connectivity index (χ1) is 19.6. The molecule has 2 heterocycles. The predicted molar refractivity (Wildman–Crippen MR) is 156 cm³/mol. The number of hydrogen-bond donors (Lipinski definition) is 1. The molecule has 1 amide bonds. The van der Waals surface area contributed by atoms with E-state index in [4.69, 9.17) is 9.15 Å². The minimum Gasteiger partial charge on any atom is -0.462 e. The second-order valence-electron chi connectivity index (χ2n) is 9.49. The fraction of sp³-hybridized carbons (Fsp3) is 0.219. The third-order valence-electron chi connectivity index (χ3n) is 6.78. The first-order valence-electron chi connectivity index (χ1n) is 13.4. The second kappa shape index (κ2) is 12.9. The lowest BCUT2D eigenvalue weighted by Gasteiger charge is -2.36. The molecule has 5 rings (SSSR count). The van der Waals surface area contributed by atoms with Crippen molar-refractivity contribution in [2.24, 2.45) is 5.10 Å². The number of furan rings is 1. The van der Waals surface area contributed by atoms with Crippen LogP contribution in [0.25, 0.3) is 11.3 Å². The van der Waals surface area contributed by atoms with Gasteiger partial charge in [-0.1, -0.05) is 42.5 Å². The summed E-state index contributed by atoms with van der Waals surface area (Å²) in [5.74, 6) is 0.470. The predicted octanol–water partition coefficient (Wildman–Crippen LogP) is 5.21. The quantitative estimate of drug-likeness (QED) is 0.180. The number of anilines is 1. The van der Waals surface area contributed by atoms with Gasteiger partial charge in [0.2, 0.25) is 0 Å². The van der Waals surface area contributed by atoms with Crippen molar-refractivity contribution in [1.29, 1.82) is 0 Å². The van der Waals surface area contributed by atoms with Crippen LogP contribution in [0.1, 0.15) is 39.0 Å². The number of rotatable bonds is 9. The molecule has 8 heteroatoms. The van der Waals surface area contributed by atoms with Gasteiger partial charge in [-0.2, -0.15) is 5.10 Å². The minimum atomic E-state index is -0.357. The summed E-state index contributed by atoms with van der Waals surface area (Å²) >= 11 is 0. The number of ether oxygens (including phenoxy) is 1. The first-order valence-corrected chi connectivity index (χ1v) is 13.4. The van der Waals surface area contributed by atoms with Crippen LogP contribution in [-0.4, -0.2) is 55.8 Å². The van der Waals surface area contributed by atoms with E-state index in [0.29, 0.717) is 29.3 Å². The number of hydrogen-bond acceptors (Lipinski definition) is 7. The maximum atomic E-state index is 12.6. The molecule has 4 aromatic rings. The van der Waals surface area contributed by atoms with Gasteiger partial charge in [-0.3, -0.25) is 9.69 Å². The van der Waals surface area contributed by atoms with Gasteiger partial charge in [0.25, 0.3) is 5.91 Å². The van der Waals surface area contributed by atoms with E-state index in [-0.39, 0.29) is 11.9 Å². The van der Waals surface area contributed by atoms with E-state index in [1.54, 1.807) is 37.3 Å². The molecule has 1 aliphatic rings. The third kappa shape index (κ3) is 6.84. The molecular formula is C32H32N4O4. The van der Waals surface area contributed by atoms with Crippen molar-refractivity contribution in [1.82, 2.24) is 10.3 Å². The monoisotopic (exact) mass is 536 g/mol. The number of esters is 1. The highest BCUT2D eigenvalue weighted by Gasteiger charge is 2.17. The fourth-order valence-corrected chi connectivity index (χ4v) is 4.60. The Bertz CT molecular complexity index is 1440. The van der Waals surface area contributed by atoms with Crippen molar-refractivity contribution in [2.45, 2.75) is 13.5 Å². The number of carbonyl (C=O) groups is 2. The highest BCUT2D eigenvalue weighted by atomic mass is 16.5. The number of nitrogens with one attached hydrogen (secondary N) is 1. The maximum Gasteiger partial charge on any atom is 0.338 e. The van der Waals surface area contributed by atoms with Gasteiger partial charge in [0, 0.05) is 49.5 Å². The van der Waals surface area contributed by atoms with Gasteiger partial charge in [0.1, 0.15) is 11.5 Å². The topological polar surface area (TPSA) is 87.4 Å². The van der Waals surface area contributed by atoms with E-state index in [1.165, 1.54) is 17.5 Å². The second-order valence-corrected chi connectivity index (χ2v) is 9.49. The average Bonchev–Trinajstić information content (AvgIpc) is 3.47. The molecule has 8 nitrogen and oxygen atoms in total. The van der Waals surface area contributed by atoms with Crippen LogP contribution in [0, 0.1) is 0 Å². The summed E-state index contributed by atoms with van der Waals surface area (Å²) in [6.07, 6.45) is 1.46. The van der Waals surface area contributed by atoms with Crippen molar-refractivity contribution in [3.05, 3.63) is 113 Å². The Morgan fingerprint density at radius 1 is 0.875 bits per heavy atom. The molecule has 0 spiro atoms. The van der Waals surface area contributed by atoms with E-state index in [1.807, 2.05) is 36.4 Å². The Morgan fingerprint density at radius 2 is 1.57 bits per heavy atom. The molecule has 40 heavy (non-hydrogen) atoms. The SMILES string of the molecule is CCOC(=O)c1ccc(-c2ccc(/C=N\NC(=O)c3ccc(CN4CCN(c5ccccc5)CC4)cc3)o2)cc1. The zero-order valence-electron chi connectivity index (χ0n) is 22.5. The fourth-order valence-electron chi connectivity index (χ4n) is 4.60. The van der Waals surface area contributed by atoms with Crippen LogP contribution in [0.2, 0.25) is 0 Å². The molecule has 3 aromatic carbocycles. The highest BCUT2D eigenvalue weighted by molar-refractivity contribution is 5.94. The lowest BCUT2D eigenvalue weighted by molar-refractivity contribution is 0.0526. The number of hydrazone groups is 1. The zero-order valence-corrected chi connectivity index (χ0v) is 22.5. The molecule has 1 N–H and O–H groups in total. The van der Waals surface area contributed by atoms with Crippen LogP contribution < -0.4 is 10.3 Å². The summed E-state index contributed by atoms with van der Waals surface area (Å²) in [5.41, 5.74) is 6.83. The number of carbonyl (C=O) groups excluding carboxylic acids is 2. The molecule has 1 aromatic heterocycles. The van der Waals surface area contributed by atoms with Crippen molar-refractivity contribution in [3.63, 3.8) is 0 Å². The Morgan fingerprint density at radius 3 is 2.27 bits per heavy atom. The molecular weight excluding hydrogens is 504 g/mol. The maximum absolute atomic E-state index is 12.6. The van der Waals surface area contributed by atoms with Gasteiger partial charge < -0.3 is 14.1 Å². The Balaban J connectivity index is 1.09. The minimum absolute atomic E-state index is 0.291. The molecule has 0 atom stereocenters. The number of benzene rings is 3. The average molecular weight is 537 g/mol. The lowest BCUT2D eigenvalue weighted by atomic mass is 10.1. The highest BCUT2D eigenvalue weighted by Crippen LogP contribution is 2.22. The Kier molecular flexibility index (Phi) is 8.68. The van der Waals surface area contributed by atoms with Gasteiger partial charge in [-0.15, -0.1) is 0 Å². The van der Waals surface area contributed by atoms with Gasteiger partial charge >= 0.3 is 5.97 Å². The molecule has 0 aliphatic carbocycles. The molecule has 204 valence electrons. The van der Waals surface area contributed by atoms with Crippen LogP contribution in [0.3, 0.4) is 0 Å². The molecule has 0 saturated carbocycles. The van der Waals surface area contributed by atoms with E-state index < -0.39 is 0 Å². The summed E-state index contributed by atoms with van der Waals surface area (Å²) in [7, 11) is 0. The van der Waals surface area contributed by atoms with E-state index in [2.05, 4.69) is 44.6 Å². The van der Waals surface area contributed by atoms with Crippen LogP contribution in [0.15, 0.2) is 101 Å². The summed E-state index contributed by atoms with van der Waals surface area (Å²) in [4.78, 5) is 29.2. The lowest BCUT2D eigenvalue weighted by Crippen LogP contribution is -2.45. The Hall–Kier alpha value is -4.69. The van der Waals surface area contributed by atoms with Gasteiger partial charge in [0.15, 0.2) is 0 Å². The number of amides is 1. The smallest absolute Gasteiger partial charge is 0.338 e. The van der Waals surface area contributed by atoms with Crippen molar-refractivity contribution >= 4 is 23.8 Å². The van der Waals surface area contributed by atoms with E-state index >= 15 is 0 Å². The number of para-hydroxylation sites is 1. The van der Waals surface area contributed by atoms with E-state index in [9.17, 15) is 9.59 Å². The largest absolute Gasteiger partial charge is 0.462 e. The number of nitrogens with zero attached hydrogens (tertiary/aromatic N) is 3. The van der Waals surface area contributed by atoms with Crippen molar-refractivity contribution in [2.75, 3.05) is 37.7 Å². The van der Waals surface area contributed by atoms with Crippen LogP contribution >= 0.6 is 0 Å². The summed E-state index contributed by atoms with van der Waals surface area (Å²) < 4.78 is 10.8.